The van der Waals surface area contributed by atoms with Gasteiger partial charge in [-0.25, -0.2) is 4.79 Å². The summed E-state index contributed by atoms with van der Waals surface area (Å²) in [5.74, 6) is -4.67. The van der Waals surface area contributed by atoms with Gasteiger partial charge in [0.05, 0.1) is 6.10 Å². The van der Waals surface area contributed by atoms with Gasteiger partial charge in [-0.2, -0.15) is 0 Å². The summed E-state index contributed by atoms with van der Waals surface area (Å²) in [7, 11) is 0. The largest absolute Gasteiger partial charge is 0.480 e. The van der Waals surface area contributed by atoms with Crippen LogP contribution in [0.2, 0.25) is 0 Å². The van der Waals surface area contributed by atoms with Crippen LogP contribution in [0.25, 0.3) is 0 Å². The van der Waals surface area contributed by atoms with Crippen LogP contribution < -0.4 is 32.3 Å². The lowest BCUT2D eigenvalue weighted by Crippen LogP contribution is -2.59. The third-order valence-electron chi connectivity index (χ3n) is 10.9. The molecule has 0 aromatic heterocycles. The van der Waals surface area contributed by atoms with Crippen molar-refractivity contribution < 1.29 is 48.7 Å². The number of rotatable bonds is 35. The van der Waals surface area contributed by atoms with E-state index in [1.165, 1.54) is 6.92 Å². The second-order valence-electron chi connectivity index (χ2n) is 17.1. The third-order valence-corrected chi connectivity index (χ3v) is 10.9. The molecule has 0 saturated carbocycles. The summed E-state index contributed by atoms with van der Waals surface area (Å²) in [6.45, 7) is 4.33. The van der Waals surface area contributed by atoms with E-state index in [1.807, 2.05) is 19.9 Å². The highest BCUT2D eigenvalue weighted by Gasteiger charge is 2.33. The standard InChI is InChI=1S/C47H71N7O11/c1-32(2)28-38(44(59)50-37(43(48)58)29-34-20-12-10-13-21-34)51-46(61)42(33(3)56)53-41(57)26-18-8-4-6-16-24-36(25-17-7-5-9-19-27-55)49-40(31-54(64)65)45(60)52-39(47(62)63)30-35-22-14-11-15-23-35/h10-15,20-23,27,32-33,36-40,42,49,56H,4-9,16-19,24-26,28-31H2,1-3H3,(H2,48,58)(H,50,59)(H,51,61)(H,52,60)(H,53,57)(H,62,63)/t33-,36?,37-,38-,39-,40-,42-/m0/s1. The number of carboxylic acids is 1. The number of aliphatic hydroxyl groups excluding tert-OH is 1. The van der Waals surface area contributed by atoms with Crippen molar-refractivity contribution >= 4 is 41.8 Å². The number of carbonyl (C=O) groups excluding carboxylic acids is 6. The summed E-state index contributed by atoms with van der Waals surface area (Å²) in [4.78, 5) is 99.2. The molecular weight excluding hydrogens is 839 g/mol. The van der Waals surface area contributed by atoms with Gasteiger partial charge < -0.3 is 42.0 Å². The SMILES string of the molecule is CC(C)C[C@H](NC(=O)[C@@H](NC(=O)CCCCCCCC(CCCCCCC=O)N[C@@H](C[N+](=O)[O-])C(=O)N[C@@H](Cc1ccccc1)C(=O)O)[C@H](C)O)C(=O)N[C@@H](Cc1ccccc1)C(N)=O. The summed E-state index contributed by atoms with van der Waals surface area (Å²) in [6, 6.07) is 11.5. The first-order valence-electron chi connectivity index (χ1n) is 22.8. The molecule has 7 atom stereocenters. The zero-order valence-electron chi connectivity index (χ0n) is 38.1. The number of nitrogens with two attached hydrogens (primary N) is 1. The number of primary amides is 1. The molecule has 0 bridgehead atoms. The fourth-order valence-electron chi connectivity index (χ4n) is 7.42. The average molecular weight is 910 g/mol. The van der Waals surface area contributed by atoms with Crippen molar-refractivity contribution in [3.8, 4) is 0 Å². The van der Waals surface area contributed by atoms with E-state index in [0.29, 0.717) is 44.1 Å². The Morgan fingerprint density at radius 2 is 1.17 bits per heavy atom. The monoisotopic (exact) mass is 910 g/mol. The van der Waals surface area contributed by atoms with Crippen molar-refractivity contribution in [2.45, 2.75) is 166 Å². The van der Waals surface area contributed by atoms with Crippen LogP contribution in [0.3, 0.4) is 0 Å². The lowest BCUT2D eigenvalue weighted by atomic mass is 9.99. The second kappa shape index (κ2) is 31.2. The molecule has 0 radical (unpaired) electrons. The van der Waals surface area contributed by atoms with Gasteiger partial charge in [0.1, 0.15) is 30.5 Å². The van der Waals surface area contributed by atoms with Crippen LogP contribution in [0.15, 0.2) is 60.7 Å². The minimum atomic E-state index is -1.35. The molecule has 18 nitrogen and oxygen atoms in total. The summed E-state index contributed by atoms with van der Waals surface area (Å²) in [6.07, 6.45) is 8.21. The highest BCUT2D eigenvalue weighted by atomic mass is 16.6. The number of aliphatic carboxylic acids is 1. The maximum Gasteiger partial charge on any atom is 0.326 e. The molecule has 360 valence electrons. The molecule has 5 amide bonds. The zero-order valence-corrected chi connectivity index (χ0v) is 38.1. The lowest BCUT2D eigenvalue weighted by molar-refractivity contribution is -0.481. The normalized spacial score (nSPS) is 14.4. The number of nitrogens with one attached hydrogen (secondary N) is 5. The molecule has 2 aromatic rings. The smallest absolute Gasteiger partial charge is 0.326 e. The Bertz CT molecular complexity index is 1780. The quantitative estimate of drug-likeness (QED) is 0.0214. The summed E-state index contributed by atoms with van der Waals surface area (Å²) < 4.78 is 0. The number of hydrogen-bond donors (Lipinski definition) is 8. The first kappa shape index (κ1) is 55.4. The summed E-state index contributed by atoms with van der Waals surface area (Å²) in [5.41, 5.74) is 7.06. The Hall–Kier alpha value is -5.75. The number of unbranched alkanes of at least 4 members (excludes halogenated alkanes) is 8. The fraction of sp³-hybridized carbons (Fsp3) is 0.596. The van der Waals surface area contributed by atoms with E-state index in [0.717, 1.165) is 50.4 Å². The van der Waals surface area contributed by atoms with E-state index in [2.05, 4.69) is 26.6 Å². The Morgan fingerprint density at radius 1 is 0.677 bits per heavy atom. The molecular formula is C47H71N7O11. The topological polar surface area (TPSA) is 289 Å². The number of amides is 5. The molecule has 0 fully saturated rings. The van der Waals surface area contributed by atoms with Gasteiger partial charge in [0.25, 0.3) is 0 Å². The molecule has 1 unspecified atom stereocenters. The van der Waals surface area contributed by atoms with Gasteiger partial charge in [-0.05, 0) is 56.1 Å². The van der Waals surface area contributed by atoms with Gasteiger partial charge in [-0.1, -0.05) is 119 Å². The molecule has 0 aliphatic rings. The molecule has 2 rings (SSSR count). The van der Waals surface area contributed by atoms with Crippen molar-refractivity contribution in [3.63, 3.8) is 0 Å². The third kappa shape index (κ3) is 23.7. The van der Waals surface area contributed by atoms with Gasteiger partial charge in [0.15, 0.2) is 6.04 Å². The van der Waals surface area contributed by atoms with E-state index < -0.39 is 83.3 Å². The van der Waals surface area contributed by atoms with Gasteiger partial charge in [-0.3, -0.25) is 39.4 Å². The molecule has 65 heavy (non-hydrogen) atoms. The molecule has 0 heterocycles. The number of benzene rings is 2. The van der Waals surface area contributed by atoms with Crippen LogP contribution in [0.1, 0.15) is 122 Å². The first-order valence-corrected chi connectivity index (χ1v) is 22.8. The van der Waals surface area contributed by atoms with Crippen LogP contribution in [0, 0.1) is 16.0 Å². The van der Waals surface area contributed by atoms with E-state index in [1.54, 1.807) is 54.6 Å². The van der Waals surface area contributed by atoms with Gasteiger partial charge >= 0.3 is 5.97 Å². The Morgan fingerprint density at radius 3 is 1.68 bits per heavy atom. The van der Waals surface area contributed by atoms with E-state index in [4.69, 9.17) is 5.73 Å². The van der Waals surface area contributed by atoms with Crippen LogP contribution in [-0.2, 0) is 46.4 Å². The summed E-state index contributed by atoms with van der Waals surface area (Å²) >= 11 is 0. The molecule has 0 aliphatic carbocycles. The van der Waals surface area contributed by atoms with Crippen molar-refractivity contribution in [2.24, 2.45) is 11.7 Å². The molecule has 0 aliphatic heterocycles. The Balaban J connectivity index is 1.95. The Kier molecular flexibility index (Phi) is 26.6. The summed E-state index contributed by atoms with van der Waals surface area (Å²) in [5, 5.41) is 45.5. The average Bonchev–Trinajstić information content (AvgIpc) is 3.25. The predicted octanol–water partition coefficient (Wildman–Crippen LogP) is 3.28. The van der Waals surface area contributed by atoms with E-state index in [-0.39, 0.29) is 37.6 Å². The van der Waals surface area contributed by atoms with Crippen molar-refractivity contribution in [3.05, 3.63) is 81.9 Å². The van der Waals surface area contributed by atoms with Crippen LogP contribution in [0.5, 0.6) is 0 Å². The minimum Gasteiger partial charge on any atom is -0.480 e. The van der Waals surface area contributed by atoms with E-state index in [9.17, 15) is 53.9 Å². The predicted molar refractivity (Wildman–Crippen MR) is 245 cm³/mol. The van der Waals surface area contributed by atoms with Crippen molar-refractivity contribution in [1.29, 1.82) is 0 Å². The molecule has 2 aromatic carbocycles. The number of nitro groups is 1. The van der Waals surface area contributed by atoms with Crippen LogP contribution in [-0.4, -0.2) is 106 Å². The molecule has 9 N–H and O–H groups in total. The number of aldehydes is 1. The Labute approximate surface area is 382 Å². The lowest BCUT2D eigenvalue weighted by Gasteiger charge is -2.27. The van der Waals surface area contributed by atoms with Crippen molar-refractivity contribution in [2.75, 3.05) is 6.54 Å². The number of aliphatic hydroxyl groups is 1. The zero-order chi connectivity index (χ0) is 48.1. The van der Waals surface area contributed by atoms with Gasteiger partial charge in [0, 0.05) is 36.6 Å². The molecule has 0 saturated heterocycles. The number of nitrogens with zero attached hydrogens (tertiary/aromatic N) is 1. The van der Waals surface area contributed by atoms with Gasteiger partial charge in [0.2, 0.25) is 36.1 Å². The highest BCUT2D eigenvalue weighted by Crippen LogP contribution is 2.16. The molecule has 0 spiro atoms. The van der Waals surface area contributed by atoms with Crippen LogP contribution in [0.4, 0.5) is 0 Å². The fourth-order valence-corrected chi connectivity index (χ4v) is 7.42. The van der Waals surface area contributed by atoms with Crippen molar-refractivity contribution in [1.82, 2.24) is 26.6 Å². The maximum atomic E-state index is 13.4. The number of hydrogen-bond acceptors (Lipinski definition) is 11. The number of carbonyl (C=O) groups is 7. The second-order valence-corrected chi connectivity index (χ2v) is 17.1. The minimum absolute atomic E-state index is 0.00568. The van der Waals surface area contributed by atoms with Crippen LogP contribution >= 0.6 is 0 Å². The molecule has 18 heteroatoms. The number of carboxylic acid groups (broad SMARTS) is 1. The first-order chi connectivity index (χ1) is 31.0. The highest BCUT2D eigenvalue weighted by molar-refractivity contribution is 5.94. The van der Waals surface area contributed by atoms with E-state index >= 15 is 0 Å². The maximum absolute atomic E-state index is 13.4. The van der Waals surface area contributed by atoms with Gasteiger partial charge in [-0.15, -0.1) is 0 Å².